The SMILES string of the molecule is Oc1c2c(Cl)cccc2cn1Cc1ccc(Cl)cc1. The van der Waals surface area contributed by atoms with Crippen molar-refractivity contribution in [3.8, 4) is 5.88 Å². The van der Waals surface area contributed by atoms with Gasteiger partial charge in [-0.15, -0.1) is 0 Å². The van der Waals surface area contributed by atoms with Gasteiger partial charge in [-0.3, -0.25) is 0 Å². The van der Waals surface area contributed by atoms with E-state index in [-0.39, 0.29) is 5.88 Å². The fourth-order valence-corrected chi connectivity index (χ4v) is 2.56. The third-order valence-electron chi connectivity index (χ3n) is 3.10. The van der Waals surface area contributed by atoms with Crippen LogP contribution in [0.2, 0.25) is 10.0 Å². The van der Waals surface area contributed by atoms with E-state index in [0.717, 1.165) is 10.9 Å². The summed E-state index contributed by atoms with van der Waals surface area (Å²) in [6.07, 6.45) is 1.89. The Morgan fingerprint density at radius 1 is 1.00 bits per heavy atom. The molecule has 0 saturated carbocycles. The summed E-state index contributed by atoms with van der Waals surface area (Å²) in [6, 6.07) is 13.1. The van der Waals surface area contributed by atoms with Crippen LogP contribution in [0, 0.1) is 0 Å². The molecule has 3 aromatic rings. The van der Waals surface area contributed by atoms with Crippen molar-refractivity contribution in [1.29, 1.82) is 0 Å². The molecule has 96 valence electrons. The van der Waals surface area contributed by atoms with Gasteiger partial charge in [0.25, 0.3) is 0 Å². The summed E-state index contributed by atoms with van der Waals surface area (Å²) in [7, 11) is 0. The molecule has 1 N–H and O–H groups in total. The molecule has 2 aromatic carbocycles. The first-order valence-electron chi connectivity index (χ1n) is 5.86. The van der Waals surface area contributed by atoms with Crippen LogP contribution in [0.3, 0.4) is 0 Å². The number of rotatable bonds is 2. The second-order valence-electron chi connectivity index (χ2n) is 4.41. The van der Waals surface area contributed by atoms with E-state index < -0.39 is 0 Å². The zero-order chi connectivity index (χ0) is 13.4. The van der Waals surface area contributed by atoms with E-state index in [2.05, 4.69) is 0 Å². The summed E-state index contributed by atoms with van der Waals surface area (Å²) in [5, 5.41) is 13.1. The minimum absolute atomic E-state index is 0.190. The molecule has 0 aliphatic rings. The Balaban J connectivity index is 2.04. The van der Waals surface area contributed by atoms with Gasteiger partial charge in [-0.2, -0.15) is 0 Å². The van der Waals surface area contributed by atoms with Crippen LogP contribution in [0.5, 0.6) is 5.88 Å². The fourth-order valence-electron chi connectivity index (χ4n) is 2.16. The summed E-state index contributed by atoms with van der Waals surface area (Å²) in [5.74, 6) is 0.190. The summed E-state index contributed by atoms with van der Waals surface area (Å²) >= 11 is 12.0. The molecular formula is C15H11Cl2NO. The Morgan fingerprint density at radius 2 is 1.74 bits per heavy atom. The lowest BCUT2D eigenvalue weighted by Crippen LogP contribution is -1.96. The molecule has 0 atom stereocenters. The highest BCUT2D eigenvalue weighted by Crippen LogP contribution is 2.33. The highest BCUT2D eigenvalue weighted by molar-refractivity contribution is 6.36. The third-order valence-corrected chi connectivity index (χ3v) is 3.67. The van der Waals surface area contributed by atoms with Crippen LogP contribution >= 0.6 is 23.2 Å². The van der Waals surface area contributed by atoms with Crippen LogP contribution < -0.4 is 0 Å². The van der Waals surface area contributed by atoms with Gasteiger partial charge >= 0.3 is 0 Å². The first-order chi connectivity index (χ1) is 9.15. The Hall–Kier alpha value is -1.64. The van der Waals surface area contributed by atoms with E-state index >= 15 is 0 Å². The van der Waals surface area contributed by atoms with E-state index in [0.29, 0.717) is 22.0 Å². The van der Waals surface area contributed by atoms with Gasteiger partial charge in [0.05, 0.1) is 17.0 Å². The topological polar surface area (TPSA) is 25.2 Å². The summed E-state index contributed by atoms with van der Waals surface area (Å²) in [4.78, 5) is 0. The van der Waals surface area contributed by atoms with E-state index in [9.17, 15) is 5.11 Å². The molecule has 4 heteroatoms. The van der Waals surface area contributed by atoms with Gasteiger partial charge in [0.15, 0.2) is 0 Å². The van der Waals surface area contributed by atoms with Crippen molar-refractivity contribution in [1.82, 2.24) is 4.57 Å². The van der Waals surface area contributed by atoms with Gasteiger partial charge in [0.1, 0.15) is 0 Å². The molecule has 3 rings (SSSR count). The Kier molecular flexibility index (Phi) is 3.13. The predicted molar refractivity (Wildman–Crippen MR) is 79.2 cm³/mol. The normalized spacial score (nSPS) is 11.1. The van der Waals surface area contributed by atoms with Crippen molar-refractivity contribution in [2.75, 3.05) is 0 Å². The number of aromatic hydroxyl groups is 1. The van der Waals surface area contributed by atoms with Gasteiger partial charge in [-0.1, -0.05) is 47.5 Å². The fraction of sp³-hybridized carbons (Fsp3) is 0.0667. The second-order valence-corrected chi connectivity index (χ2v) is 5.25. The van der Waals surface area contributed by atoms with Crippen molar-refractivity contribution < 1.29 is 5.11 Å². The van der Waals surface area contributed by atoms with Gasteiger partial charge in [0, 0.05) is 16.6 Å². The smallest absolute Gasteiger partial charge is 0.200 e. The predicted octanol–water partition coefficient (Wildman–Crippen LogP) is 4.70. The molecule has 1 heterocycles. The van der Waals surface area contributed by atoms with E-state index in [1.54, 1.807) is 10.6 Å². The maximum absolute atomic E-state index is 10.2. The monoisotopic (exact) mass is 291 g/mol. The van der Waals surface area contributed by atoms with Gasteiger partial charge in [-0.25, -0.2) is 0 Å². The van der Waals surface area contributed by atoms with Crippen LogP contribution in [0.15, 0.2) is 48.7 Å². The van der Waals surface area contributed by atoms with Crippen LogP contribution in [0.4, 0.5) is 0 Å². The Labute approximate surface area is 120 Å². The third kappa shape index (κ3) is 2.29. The molecule has 0 amide bonds. The maximum atomic E-state index is 10.2. The van der Waals surface area contributed by atoms with Gasteiger partial charge in [-0.05, 0) is 23.8 Å². The molecule has 0 fully saturated rings. The maximum Gasteiger partial charge on any atom is 0.200 e. The first-order valence-corrected chi connectivity index (χ1v) is 6.61. The number of benzene rings is 2. The lowest BCUT2D eigenvalue weighted by atomic mass is 10.2. The number of aromatic nitrogens is 1. The quantitative estimate of drug-likeness (QED) is 0.727. The van der Waals surface area contributed by atoms with Crippen molar-refractivity contribution >= 4 is 34.0 Å². The van der Waals surface area contributed by atoms with Crippen molar-refractivity contribution in [3.63, 3.8) is 0 Å². The van der Waals surface area contributed by atoms with Crippen molar-refractivity contribution in [2.24, 2.45) is 0 Å². The average molecular weight is 292 g/mol. The van der Waals surface area contributed by atoms with E-state index in [4.69, 9.17) is 23.2 Å². The average Bonchev–Trinajstić information content (AvgIpc) is 2.71. The second kappa shape index (κ2) is 4.80. The number of hydrogen-bond donors (Lipinski definition) is 1. The molecule has 0 aliphatic heterocycles. The lowest BCUT2D eigenvalue weighted by Gasteiger charge is -2.05. The minimum atomic E-state index is 0.190. The summed E-state index contributed by atoms with van der Waals surface area (Å²) in [5.41, 5.74) is 1.07. The molecule has 0 aliphatic carbocycles. The van der Waals surface area contributed by atoms with E-state index in [1.165, 1.54) is 0 Å². The lowest BCUT2D eigenvalue weighted by molar-refractivity contribution is 0.430. The molecule has 1 aromatic heterocycles. The van der Waals surface area contributed by atoms with Crippen molar-refractivity contribution in [3.05, 3.63) is 64.3 Å². The molecule has 0 unspecified atom stereocenters. The molecular weight excluding hydrogens is 281 g/mol. The van der Waals surface area contributed by atoms with Crippen LogP contribution in [-0.4, -0.2) is 9.67 Å². The largest absolute Gasteiger partial charge is 0.494 e. The standard InChI is InChI=1S/C15H11Cl2NO/c16-12-6-4-10(5-7-12)8-18-9-11-2-1-3-13(17)14(11)15(18)19/h1-7,9,19H,8H2. The Bertz CT molecular complexity index is 732. The zero-order valence-corrected chi connectivity index (χ0v) is 11.5. The van der Waals surface area contributed by atoms with Gasteiger partial charge in [0.2, 0.25) is 5.88 Å². The molecule has 0 saturated heterocycles. The Morgan fingerprint density at radius 3 is 2.42 bits per heavy atom. The molecule has 0 bridgehead atoms. The summed E-state index contributed by atoms with van der Waals surface area (Å²) < 4.78 is 1.78. The molecule has 2 nitrogen and oxygen atoms in total. The van der Waals surface area contributed by atoms with Crippen LogP contribution in [0.25, 0.3) is 10.8 Å². The van der Waals surface area contributed by atoms with Crippen LogP contribution in [0.1, 0.15) is 5.56 Å². The van der Waals surface area contributed by atoms with Gasteiger partial charge < -0.3 is 9.67 Å². The molecule has 0 spiro atoms. The van der Waals surface area contributed by atoms with Crippen molar-refractivity contribution in [2.45, 2.75) is 6.54 Å². The van der Waals surface area contributed by atoms with E-state index in [1.807, 2.05) is 42.6 Å². The highest BCUT2D eigenvalue weighted by atomic mass is 35.5. The zero-order valence-electron chi connectivity index (χ0n) is 9.98. The number of hydrogen-bond acceptors (Lipinski definition) is 1. The first kappa shape index (κ1) is 12.4. The number of nitrogens with zero attached hydrogens (tertiary/aromatic N) is 1. The molecule has 0 radical (unpaired) electrons. The van der Waals surface area contributed by atoms with Crippen LogP contribution in [-0.2, 0) is 6.54 Å². The minimum Gasteiger partial charge on any atom is -0.494 e. The number of halogens is 2. The highest BCUT2D eigenvalue weighted by Gasteiger charge is 2.11. The number of fused-ring (bicyclic) bond motifs is 1. The molecule has 19 heavy (non-hydrogen) atoms. The summed E-state index contributed by atoms with van der Waals surface area (Å²) in [6.45, 7) is 0.577.